The third-order valence-electron chi connectivity index (χ3n) is 2.74. The van der Waals surface area contributed by atoms with Gasteiger partial charge >= 0.3 is 5.97 Å². The molecule has 2 aromatic rings. The SMILES string of the molecule is CN(c1cccnc1)c1cc(C(=O)O)c(N)cc1F. The van der Waals surface area contributed by atoms with Gasteiger partial charge in [-0.05, 0) is 24.3 Å². The molecule has 0 aliphatic carbocycles. The maximum Gasteiger partial charge on any atom is 0.337 e. The zero-order chi connectivity index (χ0) is 14.0. The molecule has 1 aromatic carbocycles. The maximum atomic E-state index is 13.9. The van der Waals surface area contributed by atoms with E-state index in [0.29, 0.717) is 5.69 Å². The van der Waals surface area contributed by atoms with E-state index in [1.54, 1.807) is 31.6 Å². The van der Waals surface area contributed by atoms with Gasteiger partial charge in [-0.1, -0.05) is 0 Å². The average molecular weight is 261 g/mol. The second kappa shape index (κ2) is 4.93. The van der Waals surface area contributed by atoms with Gasteiger partial charge in [0.2, 0.25) is 0 Å². The molecule has 98 valence electrons. The summed E-state index contributed by atoms with van der Waals surface area (Å²) in [6.07, 6.45) is 3.15. The van der Waals surface area contributed by atoms with E-state index in [1.165, 1.54) is 11.0 Å². The molecule has 1 aromatic heterocycles. The summed E-state index contributed by atoms with van der Waals surface area (Å²) in [6, 6.07) is 5.66. The van der Waals surface area contributed by atoms with Gasteiger partial charge in [0.1, 0.15) is 5.82 Å². The van der Waals surface area contributed by atoms with E-state index in [0.717, 1.165) is 6.07 Å². The first-order chi connectivity index (χ1) is 9.00. The summed E-state index contributed by atoms with van der Waals surface area (Å²) >= 11 is 0. The number of carboxylic acids is 1. The van der Waals surface area contributed by atoms with Crippen LogP contribution in [0.5, 0.6) is 0 Å². The lowest BCUT2D eigenvalue weighted by Gasteiger charge is -2.20. The van der Waals surface area contributed by atoms with E-state index in [4.69, 9.17) is 10.8 Å². The fourth-order valence-corrected chi connectivity index (χ4v) is 1.71. The number of anilines is 3. The molecule has 0 saturated carbocycles. The Morgan fingerprint density at radius 2 is 2.21 bits per heavy atom. The lowest BCUT2D eigenvalue weighted by molar-refractivity contribution is 0.0698. The topological polar surface area (TPSA) is 79.5 Å². The van der Waals surface area contributed by atoms with Crippen LogP contribution in [0.2, 0.25) is 0 Å². The predicted molar refractivity (Wildman–Crippen MR) is 70.1 cm³/mol. The Morgan fingerprint density at radius 1 is 1.47 bits per heavy atom. The first-order valence-electron chi connectivity index (χ1n) is 5.46. The smallest absolute Gasteiger partial charge is 0.337 e. The summed E-state index contributed by atoms with van der Waals surface area (Å²) in [5.41, 5.74) is 6.01. The molecule has 19 heavy (non-hydrogen) atoms. The largest absolute Gasteiger partial charge is 0.478 e. The number of aromatic carboxylic acids is 1. The van der Waals surface area contributed by atoms with E-state index in [9.17, 15) is 9.18 Å². The lowest BCUT2D eigenvalue weighted by Crippen LogP contribution is -2.14. The second-order valence-corrected chi connectivity index (χ2v) is 3.97. The molecule has 5 nitrogen and oxygen atoms in total. The van der Waals surface area contributed by atoms with Crippen molar-refractivity contribution in [3.05, 3.63) is 48.0 Å². The summed E-state index contributed by atoms with van der Waals surface area (Å²) in [5, 5.41) is 9.00. The van der Waals surface area contributed by atoms with Crippen LogP contribution in [-0.4, -0.2) is 23.1 Å². The van der Waals surface area contributed by atoms with Crippen LogP contribution in [0.15, 0.2) is 36.7 Å². The van der Waals surface area contributed by atoms with Crippen molar-refractivity contribution in [2.24, 2.45) is 0 Å². The van der Waals surface area contributed by atoms with Crippen LogP contribution in [0.3, 0.4) is 0 Å². The number of nitrogen functional groups attached to an aromatic ring is 1. The number of aromatic nitrogens is 1. The molecule has 0 amide bonds. The van der Waals surface area contributed by atoms with Crippen molar-refractivity contribution in [2.75, 3.05) is 17.7 Å². The molecule has 0 saturated heterocycles. The maximum absolute atomic E-state index is 13.9. The molecule has 6 heteroatoms. The van der Waals surface area contributed by atoms with Gasteiger partial charge in [-0.3, -0.25) is 4.98 Å². The van der Waals surface area contributed by atoms with Crippen LogP contribution >= 0.6 is 0 Å². The van der Waals surface area contributed by atoms with Crippen LogP contribution in [0.4, 0.5) is 21.5 Å². The lowest BCUT2D eigenvalue weighted by atomic mass is 10.1. The first kappa shape index (κ1) is 12.8. The van der Waals surface area contributed by atoms with Crippen molar-refractivity contribution in [3.8, 4) is 0 Å². The molecular weight excluding hydrogens is 249 g/mol. The number of hydrogen-bond acceptors (Lipinski definition) is 4. The van der Waals surface area contributed by atoms with Gasteiger partial charge in [0, 0.05) is 18.9 Å². The number of carbonyl (C=O) groups is 1. The molecule has 1 heterocycles. The summed E-state index contributed by atoms with van der Waals surface area (Å²) < 4.78 is 13.9. The van der Waals surface area contributed by atoms with Gasteiger partial charge in [-0.15, -0.1) is 0 Å². The summed E-state index contributed by atoms with van der Waals surface area (Å²) in [4.78, 5) is 16.5. The quantitative estimate of drug-likeness (QED) is 0.828. The third kappa shape index (κ3) is 2.47. The number of rotatable bonds is 3. The molecule has 0 unspecified atom stereocenters. The number of nitrogens with two attached hydrogens (primary N) is 1. The van der Waals surface area contributed by atoms with Crippen molar-refractivity contribution < 1.29 is 14.3 Å². The van der Waals surface area contributed by atoms with E-state index < -0.39 is 11.8 Å². The summed E-state index contributed by atoms with van der Waals surface area (Å²) in [5.74, 6) is -1.79. The Morgan fingerprint density at radius 3 is 2.79 bits per heavy atom. The van der Waals surface area contributed by atoms with Gasteiger partial charge in [0.05, 0.1) is 23.1 Å². The Hall–Kier alpha value is -2.63. The van der Waals surface area contributed by atoms with Crippen LogP contribution in [-0.2, 0) is 0 Å². The minimum Gasteiger partial charge on any atom is -0.478 e. The van der Waals surface area contributed by atoms with Crippen LogP contribution in [0, 0.1) is 5.82 Å². The predicted octanol–water partition coefficient (Wildman–Crippen LogP) is 2.27. The molecule has 0 atom stereocenters. The molecule has 0 radical (unpaired) electrons. The Bertz CT molecular complexity index is 617. The van der Waals surface area contributed by atoms with E-state index in [-0.39, 0.29) is 16.9 Å². The standard InChI is InChI=1S/C13H12FN3O2/c1-17(8-3-2-4-16-7-8)12-5-9(13(18)19)11(15)6-10(12)14/h2-7H,15H2,1H3,(H,18,19). The fraction of sp³-hybridized carbons (Fsp3) is 0.0769. The van der Waals surface area contributed by atoms with Crippen LogP contribution in [0.1, 0.15) is 10.4 Å². The highest BCUT2D eigenvalue weighted by Gasteiger charge is 2.16. The molecule has 0 aliphatic rings. The highest BCUT2D eigenvalue weighted by Crippen LogP contribution is 2.29. The minimum atomic E-state index is -1.20. The van der Waals surface area contributed by atoms with Crippen molar-refractivity contribution in [2.45, 2.75) is 0 Å². The third-order valence-corrected chi connectivity index (χ3v) is 2.74. The average Bonchev–Trinajstić information content (AvgIpc) is 2.38. The van der Waals surface area contributed by atoms with Gasteiger partial charge in [0.25, 0.3) is 0 Å². The number of nitrogens with zero attached hydrogens (tertiary/aromatic N) is 2. The van der Waals surface area contributed by atoms with Crippen molar-refractivity contribution in [1.82, 2.24) is 4.98 Å². The highest BCUT2D eigenvalue weighted by molar-refractivity contribution is 5.95. The molecule has 0 bridgehead atoms. The first-order valence-corrected chi connectivity index (χ1v) is 5.46. The zero-order valence-corrected chi connectivity index (χ0v) is 10.2. The normalized spacial score (nSPS) is 10.2. The molecule has 2 rings (SSSR count). The van der Waals surface area contributed by atoms with Gasteiger partial charge in [-0.25, -0.2) is 9.18 Å². The molecule has 0 spiro atoms. The van der Waals surface area contributed by atoms with E-state index >= 15 is 0 Å². The molecular formula is C13H12FN3O2. The van der Waals surface area contributed by atoms with E-state index in [1.807, 2.05) is 0 Å². The Kier molecular flexibility index (Phi) is 3.33. The monoisotopic (exact) mass is 261 g/mol. The zero-order valence-electron chi connectivity index (χ0n) is 10.2. The number of carboxylic acid groups (broad SMARTS) is 1. The van der Waals surface area contributed by atoms with Crippen LogP contribution < -0.4 is 10.6 Å². The summed E-state index contributed by atoms with van der Waals surface area (Å²) in [7, 11) is 1.62. The Balaban J connectivity index is 2.50. The fourth-order valence-electron chi connectivity index (χ4n) is 1.71. The van der Waals surface area contributed by atoms with Crippen molar-refractivity contribution >= 4 is 23.0 Å². The van der Waals surface area contributed by atoms with Crippen molar-refractivity contribution in [3.63, 3.8) is 0 Å². The molecule has 0 aliphatic heterocycles. The number of hydrogen-bond donors (Lipinski definition) is 2. The number of benzene rings is 1. The van der Waals surface area contributed by atoms with Gasteiger partial charge < -0.3 is 15.7 Å². The molecule has 0 fully saturated rings. The van der Waals surface area contributed by atoms with Gasteiger partial charge in [0.15, 0.2) is 0 Å². The second-order valence-electron chi connectivity index (χ2n) is 3.97. The van der Waals surface area contributed by atoms with Gasteiger partial charge in [-0.2, -0.15) is 0 Å². The number of pyridine rings is 1. The van der Waals surface area contributed by atoms with Crippen molar-refractivity contribution in [1.29, 1.82) is 0 Å². The summed E-state index contributed by atoms with van der Waals surface area (Å²) in [6.45, 7) is 0. The Labute approximate surface area is 109 Å². The minimum absolute atomic E-state index is 0.103. The number of halogens is 1. The van der Waals surface area contributed by atoms with E-state index in [2.05, 4.69) is 4.98 Å². The van der Waals surface area contributed by atoms with Crippen LogP contribution in [0.25, 0.3) is 0 Å². The highest BCUT2D eigenvalue weighted by atomic mass is 19.1. The molecule has 3 N–H and O–H groups in total.